The highest BCUT2D eigenvalue weighted by molar-refractivity contribution is 8.16. The second-order valence-electron chi connectivity index (χ2n) is 6.22. The Kier molecular flexibility index (Phi) is 4.85. The normalized spacial score (nSPS) is 16.4. The minimum atomic E-state index is -0.701. The van der Waals surface area contributed by atoms with Crippen molar-refractivity contribution < 1.29 is 13.9 Å². The number of thioether (sulfide) groups is 1. The molecule has 0 aromatic heterocycles. The first kappa shape index (κ1) is 17.6. The molecule has 2 aliphatic rings. The molecule has 2 aromatic carbocycles. The molecule has 0 spiro atoms. The van der Waals surface area contributed by atoms with Crippen LogP contribution in [0.25, 0.3) is 5.70 Å². The molecule has 0 fully saturated rings. The van der Waals surface area contributed by atoms with Crippen LogP contribution in [0.3, 0.4) is 0 Å². The van der Waals surface area contributed by atoms with Crippen LogP contribution in [0.1, 0.15) is 12.5 Å². The average molecular weight is 383 g/mol. The first-order chi connectivity index (χ1) is 13.1. The Bertz CT molecular complexity index is 910. The minimum absolute atomic E-state index is 0.267. The molecule has 0 aliphatic carbocycles. The summed E-state index contributed by atoms with van der Waals surface area (Å²) in [4.78, 5) is 19.0. The number of anilines is 1. The van der Waals surface area contributed by atoms with Crippen molar-refractivity contribution in [2.24, 2.45) is 4.99 Å². The topological polar surface area (TPSA) is 53.9 Å². The number of rotatable bonds is 5. The first-order valence-electron chi connectivity index (χ1n) is 8.62. The summed E-state index contributed by atoms with van der Waals surface area (Å²) < 4.78 is 18.5. The summed E-state index contributed by atoms with van der Waals surface area (Å²) in [6.45, 7) is 3.40. The Labute approximate surface area is 160 Å². The van der Waals surface area contributed by atoms with Gasteiger partial charge in [0.25, 0.3) is 5.91 Å². The number of nitrogens with zero attached hydrogens (tertiary/aromatic N) is 2. The van der Waals surface area contributed by atoms with Gasteiger partial charge < -0.3 is 15.0 Å². The maximum Gasteiger partial charge on any atom is 0.265 e. The number of carbonyl (C=O) groups is 1. The van der Waals surface area contributed by atoms with Gasteiger partial charge in [0.05, 0.1) is 12.2 Å². The molecule has 1 unspecified atom stereocenters. The van der Waals surface area contributed by atoms with Crippen molar-refractivity contribution in [3.63, 3.8) is 0 Å². The number of benzene rings is 2. The maximum atomic E-state index is 12.9. The fraction of sp³-hybridized carbons (Fsp3) is 0.200. The lowest BCUT2D eigenvalue weighted by Gasteiger charge is -2.17. The molecule has 1 N–H and O–H groups in total. The quantitative estimate of drug-likeness (QED) is 0.850. The third kappa shape index (κ3) is 3.83. The van der Waals surface area contributed by atoms with Gasteiger partial charge in [-0.15, -0.1) is 0 Å². The Morgan fingerprint density at radius 1 is 1.22 bits per heavy atom. The van der Waals surface area contributed by atoms with Crippen LogP contribution in [0.15, 0.2) is 58.9 Å². The van der Waals surface area contributed by atoms with E-state index in [1.165, 1.54) is 24.3 Å². The molecule has 27 heavy (non-hydrogen) atoms. The van der Waals surface area contributed by atoms with Gasteiger partial charge in [-0.05, 0) is 48.9 Å². The van der Waals surface area contributed by atoms with Gasteiger partial charge in [0, 0.05) is 17.6 Å². The third-order valence-corrected chi connectivity index (χ3v) is 5.21. The summed E-state index contributed by atoms with van der Waals surface area (Å²) in [6, 6.07) is 13.3. The predicted octanol–water partition coefficient (Wildman–Crippen LogP) is 3.95. The molecule has 1 amide bonds. The number of amidine groups is 1. The average Bonchev–Trinajstić information content (AvgIpc) is 3.28. The SMILES string of the molecule is CC(Oc1ccc(F)cc1)C(=O)Nc1ccc(C2=CSC3=NCCN23)cc1. The molecule has 1 atom stereocenters. The number of hydrogen-bond acceptors (Lipinski definition) is 5. The van der Waals surface area contributed by atoms with Gasteiger partial charge in [-0.3, -0.25) is 9.79 Å². The van der Waals surface area contributed by atoms with Gasteiger partial charge in [0.2, 0.25) is 0 Å². The second kappa shape index (κ2) is 7.44. The van der Waals surface area contributed by atoms with Gasteiger partial charge in [-0.1, -0.05) is 23.9 Å². The van der Waals surface area contributed by atoms with E-state index in [9.17, 15) is 9.18 Å². The van der Waals surface area contributed by atoms with Crippen LogP contribution in [0, 0.1) is 5.82 Å². The second-order valence-corrected chi connectivity index (χ2v) is 7.05. The van der Waals surface area contributed by atoms with Gasteiger partial charge in [-0.2, -0.15) is 0 Å². The van der Waals surface area contributed by atoms with E-state index in [-0.39, 0.29) is 11.7 Å². The number of nitrogens with one attached hydrogen (secondary N) is 1. The smallest absolute Gasteiger partial charge is 0.265 e. The molecule has 4 rings (SSSR count). The van der Waals surface area contributed by atoms with Crippen molar-refractivity contribution in [3.05, 3.63) is 65.3 Å². The zero-order valence-corrected chi connectivity index (χ0v) is 15.5. The van der Waals surface area contributed by atoms with Gasteiger partial charge in [-0.25, -0.2) is 4.39 Å². The standard InChI is InChI=1S/C20H18FN3O2S/c1-13(26-17-8-4-15(21)5-9-17)19(25)23-16-6-2-14(3-7-16)18-12-27-20-22-10-11-24(18)20/h2-9,12-13H,10-11H2,1H3,(H,23,25). The van der Waals surface area contributed by atoms with E-state index < -0.39 is 6.10 Å². The molecule has 0 bridgehead atoms. The molecule has 2 heterocycles. The highest BCUT2D eigenvalue weighted by atomic mass is 32.2. The Morgan fingerprint density at radius 3 is 2.70 bits per heavy atom. The van der Waals surface area contributed by atoms with Gasteiger partial charge in [0.1, 0.15) is 11.6 Å². The molecule has 0 saturated heterocycles. The van der Waals surface area contributed by atoms with Crippen LogP contribution in [0.4, 0.5) is 10.1 Å². The van der Waals surface area contributed by atoms with E-state index in [0.717, 1.165) is 29.5 Å². The van der Waals surface area contributed by atoms with Crippen LogP contribution < -0.4 is 10.1 Å². The number of amides is 1. The number of aliphatic imine (C=N–C) groups is 1. The predicted molar refractivity (Wildman–Crippen MR) is 106 cm³/mol. The van der Waals surface area contributed by atoms with Crippen molar-refractivity contribution >= 4 is 34.2 Å². The van der Waals surface area contributed by atoms with Crippen LogP contribution in [-0.4, -0.2) is 35.2 Å². The van der Waals surface area contributed by atoms with E-state index in [1.54, 1.807) is 18.7 Å². The number of hydrogen-bond donors (Lipinski definition) is 1. The highest BCUT2D eigenvalue weighted by Gasteiger charge is 2.27. The molecule has 7 heteroatoms. The molecule has 138 valence electrons. The molecule has 2 aromatic rings. The van der Waals surface area contributed by atoms with E-state index in [4.69, 9.17) is 4.74 Å². The largest absolute Gasteiger partial charge is 0.481 e. The maximum absolute atomic E-state index is 12.9. The number of fused-ring (bicyclic) bond motifs is 1. The molecule has 0 radical (unpaired) electrons. The van der Waals surface area contributed by atoms with E-state index in [0.29, 0.717) is 11.4 Å². The van der Waals surface area contributed by atoms with Gasteiger partial charge in [0.15, 0.2) is 11.3 Å². The fourth-order valence-corrected chi connectivity index (χ4v) is 3.85. The summed E-state index contributed by atoms with van der Waals surface area (Å²) in [7, 11) is 0. The lowest BCUT2D eigenvalue weighted by Crippen LogP contribution is -2.30. The van der Waals surface area contributed by atoms with E-state index >= 15 is 0 Å². The van der Waals surface area contributed by atoms with E-state index in [2.05, 4.69) is 20.6 Å². The summed E-state index contributed by atoms with van der Waals surface area (Å²) in [5.74, 6) is -0.164. The Morgan fingerprint density at radius 2 is 1.96 bits per heavy atom. The van der Waals surface area contributed by atoms with Crippen molar-refractivity contribution in [3.8, 4) is 5.75 Å². The van der Waals surface area contributed by atoms with Crippen LogP contribution in [-0.2, 0) is 4.79 Å². The summed E-state index contributed by atoms with van der Waals surface area (Å²) in [5, 5.41) is 5.99. The minimum Gasteiger partial charge on any atom is -0.481 e. The summed E-state index contributed by atoms with van der Waals surface area (Å²) >= 11 is 1.64. The molecule has 2 aliphatic heterocycles. The number of ether oxygens (including phenoxy) is 1. The summed E-state index contributed by atoms with van der Waals surface area (Å²) in [6.07, 6.45) is -0.701. The zero-order valence-electron chi connectivity index (χ0n) is 14.7. The monoisotopic (exact) mass is 383 g/mol. The van der Waals surface area contributed by atoms with Crippen molar-refractivity contribution in [1.82, 2.24) is 4.90 Å². The molecular weight excluding hydrogens is 365 g/mol. The lowest BCUT2D eigenvalue weighted by atomic mass is 10.1. The van der Waals surface area contributed by atoms with Crippen molar-refractivity contribution in [1.29, 1.82) is 0 Å². The lowest BCUT2D eigenvalue weighted by molar-refractivity contribution is -0.122. The molecular formula is C20H18FN3O2S. The Balaban J connectivity index is 1.37. The van der Waals surface area contributed by atoms with Crippen LogP contribution >= 0.6 is 11.8 Å². The molecule has 5 nitrogen and oxygen atoms in total. The number of carbonyl (C=O) groups excluding carboxylic acids is 1. The van der Waals surface area contributed by atoms with Gasteiger partial charge >= 0.3 is 0 Å². The molecule has 0 saturated carbocycles. The van der Waals surface area contributed by atoms with Crippen molar-refractivity contribution in [2.45, 2.75) is 13.0 Å². The highest BCUT2D eigenvalue weighted by Crippen LogP contribution is 2.35. The third-order valence-electron chi connectivity index (χ3n) is 4.31. The van der Waals surface area contributed by atoms with Crippen LogP contribution in [0.2, 0.25) is 0 Å². The zero-order chi connectivity index (χ0) is 18.8. The number of halogens is 1. The fourth-order valence-electron chi connectivity index (χ4n) is 2.89. The first-order valence-corrected chi connectivity index (χ1v) is 9.50. The van der Waals surface area contributed by atoms with E-state index in [1.807, 2.05) is 24.3 Å². The van der Waals surface area contributed by atoms with Crippen molar-refractivity contribution in [2.75, 3.05) is 18.4 Å². The summed E-state index contributed by atoms with van der Waals surface area (Å²) in [5.41, 5.74) is 2.92. The Hall–Kier alpha value is -2.80. The van der Waals surface area contributed by atoms with Crippen LogP contribution in [0.5, 0.6) is 5.75 Å².